The van der Waals surface area contributed by atoms with Crippen LogP contribution in [0.5, 0.6) is 0 Å². The van der Waals surface area contributed by atoms with E-state index in [-0.39, 0.29) is 17.9 Å². The zero-order valence-corrected chi connectivity index (χ0v) is 12.8. The van der Waals surface area contributed by atoms with Crippen LogP contribution >= 0.6 is 0 Å². The number of hydrogen-bond donors (Lipinski definition) is 2. The van der Waals surface area contributed by atoms with Crippen molar-refractivity contribution < 1.29 is 14.7 Å². The van der Waals surface area contributed by atoms with Gasteiger partial charge >= 0.3 is 5.97 Å². The smallest absolute Gasteiger partial charge is 0.326 e. The largest absolute Gasteiger partial charge is 0.480 e. The lowest BCUT2D eigenvalue weighted by Crippen LogP contribution is -2.51. The fourth-order valence-corrected chi connectivity index (χ4v) is 1.76. The van der Waals surface area contributed by atoms with Crippen LogP contribution in [0.25, 0.3) is 0 Å². The first-order valence-electron chi connectivity index (χ1n) is 7.08. The highest BCUT2D eigenvalue weighted by molar-refractivity contribution is 5.86. The summed E-state index contributed by atoms with van der Waals surface area (Å²) in [7, 11) is 1.89. The maximum atomic E-state index is 12.1. The molecule has 0 saturated carbocycles. The first-order chi connectivity index (χ1) is 8.84. The predicted octanol–water partition coefficient (Wildman–Crippen LogP) is 1.72. The molecule has 0 aromatic heterocycles. The Balaban J connectivity index is 4.50. The zero-order chi connectivity index (χ0) is 15.0. The Bertz CT molecular complexity index is 294. The summed E-state index contributed by atoms with van der Waals surface area (Å²) in [5.41, 5.74) is 0. The molecular formula is C14H28N2O3. The quantitative estimate of drug-likeness (QED) is 0.670. The minimum Gasteiger partial charge on any atom is -0.480 e. The molecule has 5 heteroatoms. The van der Waals surface area contributed by atoms with Gasteiger partial charge in [-0.15, -0.1) is 0 Å². The fourth-order valence-electron chi connectivity index (χ4n) is 1.76. The highest BCUT2D eigenvalue weighted by Crippen LogP contribution is 2.09. The molecule has 0 fully saturated rings. The van der Waals surface area contributed by atoms with Crippen molar-refractivity contribution in [1.82, 2.24) is 10.2 Å². The van der Waals surface area contributed by atoms with Crippen molar-refractivity contribution in [3.63, 3.8) is 0 Å². The number of amides is 1. The summed E-state index contributed by atoms with van der Waals surface area (Å²) in [4.78, 5) is 25.2. The van der Waals surface area contributed by atoms with Gasteiger partial charge in [0.15, 0.2) is 0 Å². The lowest BCUT2D eigenvalue weighted by Gasteiger charge is -2.27. The Morgan fingerprint density at radius 1 is 1.26 bits per heavy atom. The molecule has 0 bridgehead atoms. The molecule has 5 nitrogen and oxygen atoms in total. The van der Waals surface area contributed by atoms with Crippen LogP contribution in [0.3, 0.4) is 0 Å². The van der Waals surface area contributed by atoms with Crippen LogP contribution < -0.4 is 5.32 Å². The van der Waals surface area contributed by atoms with Crippen molar-refractivity contribution in [2.75, 3.05) is 13.6 Å². The van der Waals surface area contributed by atoms with Crippen molar-refractivity contribution in [3.8, 4) is 0 Å². The number of hydrogen-bond acceptors (Lipinski definition) is 3. The molecule has 0 aliphatic carbocycles. The van der Waals surface area contributed by atoms with Gasteiger partial charge in [0.1, 0.15) is 6.04 Å². The number of aliphatic carboxylic acids is 1. The average molecular weight is 272 g/mol. The van der Waals surface area contributed by atoms with E-state index < -0.39 is 12.0 Å². The number of rotatable bonds is 9. The van der Waals surface area contributed by atoms with Crippen molar-refractivity contribution in [1.29, 1.82) is 0 Å². The van der Waals surface area contributed by atoms with Crippen LogP contribution in [-0.2, 0) is 9.59 Å². The molecule has 112 valence electrons. The van der Waals surface area contributed by atoms with Gasteiger partial charge in [0.2, 0.25) is 5.91 Å². The molecule has 1 amide bonds. The van der Waals surface area contributed by atoms with Gasteiger partial charge < -0.3 is 10.4 Å². The van der Waals surface area contributed by atoms with Crippen molar-refractivity contribution in [3.05, 3.63) is 0 Å². The Labute approximate surface area is 116 Å². The molecule has 3 unspecified atom stereocenters. The second kappa shape index (κ2) is 8.91. The molecule has 0 heterocycles. The Morgan fingerprint density at radius 3 is 2.26 bits per heavy atom. The van der Waals surface area contributed by atoms with E-state index in [1.807, 2.05) is 25.8 Å². The number of carbonyl (C=O) groups is 2. The molecule has 0 radical (unpaired) electrons. The topological polar surface area (TPSA) is 69.6 Å². The minimum absolute atomic E-state index is 0.0744. The molecule has 0 aromatic rings. The normalized spacial score (nSPS) is 15.9. The fraction of sp³-hybridized carbons (Fsp3) is 0.857. The first kappa shape index (κ1) is 17.9. The first-order valence-corrected chi connectivity index (χ1v) is 7.08. The van der Waals surface area contributed by atoms with E-state index in [4.69, 9.17) is 5.11 Å². The van der Waals surface area contributed by atoms with Crippen LogP contribution in [0.15, 0.2) is 0 Å². The highest BCUT2D eigenvalue weighted by Gasteiger charge is 2.28. The third-order valence-electron chi connectivity index (χ3n) is 3.68. The van der Waals surface area contributed by atoms with Gasteiger partial charge in [-0.3, -0.25) is 9.69 Å². The van der Waals surface area contributed by atoms with Gasteiger partial charge in [-0.25, -0.2) is 4.79 Å². The highest BCUT2D eigenvalue weighted by atomic mass is 16.4. The maximum absolute atomic E-state index is 12.1. The summed E-state index contributed by atoms with van der Waals surface area (Å²) in [6.07, 6.45) is 2.82. The van der Waals surface area contributed by atoms with Gasteiger partial charge in [0.25, 0.3) is 0 Å². The maximum Gasteiger partial charge on any atom is 0.326 e. The Kier molecular flexibility index (Phi) is 8.39. The molecule has 0 saturated heterocycles. The second-order valence-electron chi connectivity index (χ2n) is 5.22. The summed E-state index contributed by atoms with van der Waals surface area (Å²) >= 11 is 0. The number of carbonyl (C=O) groups excluding carboxylic acids is 1. The number of nitrogens with one attached hydrogen (secondary N) is 1. The Hall–Kier alpha value is -1.10. The number of carboxylic acids is 1. The molecule has 0 rings (SSSR count). The third kappa shape index (κ3) is 6.05. The van der Waals surface area contributed by atoms with E-state index in [0.717, 1.165) is 25.8 Å². The molecule has 0 spiro atoms. The van der Waals surface area contributed by atoms with Crippen LogP contribution in [0.4, 0.5) is 0 Å². The van der Waals surface area contributed by atoms with Crippen LogP contribution in [0.2, 0.25) is 0 Å². The summed E-state index contributed by atoms with van der Waals surface area (Å²) in [6, 6.07) is -1.11. The van der Waals surface area contributed by atoms with Gasteiger partial charge in [-0.2, -0.15) is 0 Å². The van der Waals surface area contributed by atoms with Gasteiger partial charge in [-0.1, -0.05) is 33.6 Å². The van der Waals surface area contributed by atoms with Crippen molar-refractivity contribution in [2.45, 2.75) is 59.0 Å². The molecule has 19 heavy (non-hydrogen) atoms. The summed E-state index contributed by atoms with van der Waals surface area (Å²) in [5, 5.41) is 11.8. The third-order valence-corrected chi connectivity index (χ3v) is 3.68. The number of carboxylic acid groups (broad SMARTS) is 1. The SMILES string of the molecule is CCCCN(C)C(C)C(=O)NC(C(=O)O)C(C)CC. The van der Waals surface area contributed by atoms with E-state index in [9.17, 15) is 9.59 Å². The summed E-state index contributed by atoms with van der Waals surface area (Å²) in [6.45, 7) is 8.50. The minimum atomic E-state index is -0.967. The molecule has 2 N–H and O–H groups in total. The average Bonchev–Trinajstić information content (AvgIpc) is 2.39. The van der Waals surface area contributed by atoms with Gasteiger partial charge in [-0.05, 0) is 32.9 Å². The standard InChI is InChI=1S/C14H28N2O3/c1-6-8-9-16(5)11(4)13(17)15-12(14(18)19)10(3)7-2/h10-12H,6-9H2,1-5H3,(H,15,17)(H,18,19). The van der Waals surface area contributed by atoms with Crippen LogP contribution in [0, 0.1) is 5.92 Å². The molecule has 3 atom stereocenters. The van der Waals surface area contributed by atoms with Gasteiger partial charge in [0, 0.05) is 0 Å². The van der Waals surface area contributed by atoms with Crippen molar-refractivity contribution in [2.24, 2.45) is 5.92 Å². The van der Waals surface area contributed by atoms with E-state index in [1.54, 1.807) is 6.92 Å². The molecule has 0 aliphatic rings. The molecule has 0 aromatic carbocycles. The number of nitrogens with zero attached hydrogens (tertiary/aromatic N) is 1. The summed E-state index contributed by atoms with van der Waals surface area (Å²) in [5.74, 6) is -1.26. The number of unbranched alkanes of at least 4 members (excludes halogenated alkanes) is 1. The second-order valence-corrected chi connectivity index (χ2v) is 5.22. The molecular weight excluding hydrogens is 244 g/mol. The lowest BCUT2D eigenvalue weighted by atomic mass is 9.99. The van der Waals surface area contributed by atoms with Crippen molar-refractivity contribution >= 4 is 11.9 Å². The van der Waals surface area contributed by atoms with E-state index >= 15 is 0 Å². The molecule has 0 aliphatic heterocycles. The number of likely N-dealkylation sites (N-methyl/N-ethyl adjacent to an activating group) is 1. The van der Waals surface area contributed by atoms with Gasteiger partial charge in [0.05, 0.1) is 6.04 Å². The lowest BCUT2D eigenvalue weighted by molar-refractivity contribution is -0.144. The van der Waals surface area contributed by atoms with Crippen LogP contribution in [-0.4, -0.2) is 47.6 Å². The monoisotopic (exact) mass is 272 g/mol. The van der Waals surface area contributed by atoms with E-state index in [2.05, 4.69) is 12.2 Å². The van der Waals surface area contributed by atoms with E-state index in [1.165, 1.54) is 0 Å². The van der Waals surface area contributed by atoms with Crippen LogP contribution in [0.1, 0.15) is 47.0 Å². The zero-order valence-electron chi connectivity index (χ0n) is 12.8. The summed E-state index contributed by atoms with van der Waals surface area (Å²) < 4.78 is 0. The predicted molar refractivity (Wildman–Crippen MR) is 76.0 cm³/mol. The Morgan fingerprint density at radius 2 is 1.84 bits per heavy atom. The van der Waals surface area contributed by atoms with E-state index in [0.29, 0.717) is 0 Å².